The topological polar surface area (TPSA) is 68.2 Å². The summed E-state index contributed by atoms with van der Waals surface area (Å²) in [4.78, 5) is 27.2. The Morgan fingerprint density at radius 1 is 1.00 bits per heavy atom. The molecule has 0 unspecified atom stereocenters. The molecule has 6 nitrogen and oxygen atoms in total. The SMILES string of the molecule is Cc1ccc(OC2CCN(C(=O)c3cnc(-c4ccncc4)nc3)CC2)cc1. The van der Waals surface area contributed by atoms with Gasteiger partial charge < -0.3 is 9.64 Å². The molecular formula is C22H22N4O2. The van der Waals surface area contributed by atoms with Crippen molar-refractivity contribution in [2.24, 2.45) is 0 Å². The summed E-state index contributed by atoms with van der Waals surface area (Å²) in [5.74, 6) is 1.44. The van der Waals surface area contributed by atoms with Crippen LogP contribution in [0, 0.1) is 6.92 Å². The van der Waals surface area contributed by atoms with Crippen LogP contribution in [-0.4, -0.2) is 45.0 Å². The van der Waals surface area contributed by atoms with E-state index in [1.807, 2.05) is 41.3 Å². The number of amides is 1. The summed E-state index contributed by atoms with van der Waals surface area (Å²) in [6.07, 6.45) is 8.35. The number of aromatic nitrogens is 3. The van der Waals surface area contributed by atoms with E-state index in [1.165, 1.54) is 5.56 Å². The van der Waals surface area contributed by atoms with E-state index in [0.29, 0.717) is 24.5 Å². The Hall–Kier alpha value is -3.28. The number of likely N-dealkylation sites (tertiary alicyclic amines) is 1. The number of ether oxygens (including phenoxy) is 1. The lowest BCUT2D eigenvalue weighted by Gasteiger charge is -2.32. The van der Waals surface area contributed by atoms with Crippen molar-refractivity contribution in [3.05, 3.63) is 72.3 Å². The summed E-state index contributed by atoms with van der Waals surface area (Å²) in [5.41, 5.74) is 2.60. The number of nitrogens with zero attached hydrogens (tertiary/aromatic N) is 4. The van der Waals surface area contributed by atoms with Gasteiger partial charge in [0.2, 0.25) is 0 Å². The van der Waals surface area contributed by atoms with Gasteiger partial charge in [0.1, 0.15) is 11.9 Å². The van der Waals surface area contributed by atoms with E-state index < -0.39 is 0 Å². The van der Waals surface area contributed by atoms with Crippen molar-refractivity contribution in [2.45, 2.75) is 25.9 Å². The van der Waals surface area contributed by atoms with Gasteiger partial charge in [0, 0.05) is 56.3 Å². The van der Waals surface area contributed by atoms with Gasteiger partial charge in [-0.05, 0) is 31.2 Å². The molecule has 0 N–H and O–H groups in total. The highest BCUT2D eigenvalue weighted by Gasteiger charge is 2.25. The Balaban J connectivity index is 1.34. The van der Waals surface area contributed by atoms with Crippen molar-refractivity contribution in [1.29, 1.82) is 0 Å². The maximum atomic E-state index is 12.7. The number of hydrogen-bond donors (Lipinski definition) is 0. The first kappa shape index (κ1) is 18.1. The van der Waals surface area contributed by atoms with Crippen LogP contribution in [0.3, 0.4) is 0 Å². The normalized spacial score (nSPS) is 14.7. The molecule has 1 aliphatic rings. The number of rotatable bonds is 4. The second kappa shape index (κ2) is 8.17. The number of piperidine rings is 1. The van der Waals surface area contributed by atoms with Crippen LogP contribution in [0.5, 0.6) is 5.75 Å². The monoisotopic (exact) mass is 374 g/mol. The summed E-state index contributed by atoms with van der Waals surface area (Å²) >= 11 is 0. The van der Waals surface area contributed by atoms with Gasteiger partial charge in [0.15, 0.2) is 5.82 Å². The maximum absolute atomic E-state index is 12.7. The van der Waals surface area contributed by atoms with Crippen LogP contribution in [0.25, 0.3) is 11.4 Å². The Labute approximate surface area is 164 Å². The lowest BCUT2D eigenvalue weighted by molar-refractivity contribution is 0.0595. The molecule has 0 bridgehead atoms. The van der Waals surface area contributed by atoms with Crippen molar-refractivity contribution >= 4 is 5.91 Å². The minimum Gasteiger partial charge on any atom is -0.490 e. The van der Waals surface area contributed by atoms with Crippen molar-refractivity contribution in [3.63, 3.8) is 0 Å². The fourth-order valence-electron chi connectivity index (χ4n) is 3.26. The number of aryl methyl sites for hydroxylation is 1. The zero-order valence-corrected chi connectivity index (χ0v) is 15.8. The van der Waals surface area contributed by atoms with Crippen LogP contribution in [0.2, 0.25) is 0 Å². The molecule has 0 atom stereocenters. The quantitative estimate of drug-likeness (QED) is 0.699. The van der Waals surface area contributed by atoms with E-state index >= 15 is 0 Å². The largest absolute Gasteiger partial charge is 0.490 e. The van der Waals surface area contributed by atoms with Gasteiger partial charge >= 0.3 is 0 Å². The fourth-order valence-corrected chi connectivity index (χ4v) is 3.26. The number of benzene rings is 1. The molecule has 0 spiro atoms. The molecular weight excluding hydrogens is 352 g/mol. The predicted octanol–water partition coefficient (Wildman–Crippen LogP) is 3.53. The maximum Gasteiger partial charge on any atom is 0.256 e. The Morgan fingerprint density at radius 3 is 2.29 bits per heavy atom. The van der Waals surface area contributed by atoms with Gasteiger partial charge in [-0.3, -0.25) is 9.78 Å². The molecule has 1 aliphatic heterocycles. The van der Waals surface area contributed by atoms with Crippen molar-refractivity contribution in [2.75, 3.05) is 13.1 Å². The average Bonchev–Trinajstić information content (AvgIpc) is 2.76. The van der Waals surface area contributed by atoms with E-state index in [1.54, 1.807) is 24.8 Å². The number of hydrogen-bond acceptors (Lipinski definition) is 5. The van der Waals surface area contributed by atoms with E-state index in [-0.39, 0.29) is 12.0 Å². The first-order chi connectivity index (χ1) is 13.7. The van der Waals surface area contributed by atoms with Crippen LogP contribution < -0.4 is 4.74 Å². The molecule has 3 aromatic rings. The van der Waals surface area contributed by atoms with Crippen molar-refractivity contribution in [1.82, 2.24) is 19.9 Å². The Kier molecular flexibility index (Phi) is 5.28. The van der Waals surface area contributed by atoms with Gasteiger partial charge in [-0.1, -0.05) is 17.7 Å². The van der Waals surface area contributed by atoms with Crippen LogP contribution in [0.4, 0.5) is 0 Å². The molecule has 0 radical (unpaired) electrons. The number of carbonyl (C=O) groups excluding carboxylic acids is 1. The minimum atomic E-state index is -0.0323. The molecule has 0 aliphatic carbocycles. The highest BCUT2D eigenvalue weighted by atomic mass is 16.5. The summed E-state index contributed by atoms with van der Waals surface area (Å²) < 4.78 is 6.04. The van der Waals surface area contributed by atoms with Gasteiger partial charge in [-0.25, -0.2) is 9.97 Å². The highest BCUT2D eigenvalue weighted by molar-refractivity contribution is 5.93. The Bertz CT molecular complexity index is 919. The zero-order chi connectivity index (χ0) is 19.3. The number of pyridine rings is 1. The van der Waals surface area contributed by atoms with E-state index in [2.05, 4.69) is 21.9 Å². The number of carbonyl (C=O) groups is 1. The molecule has 28 heavy (non-hydrogen) atoms. The fraction of sp³-hybridized carbons (Fsp3) is 0.273. The van der Waals surface area contributed by atoms with Gasteiger partial charge in [0.05, 0.1) is 5.56 Å². The lowest BCUT2D eigenvalue weighted by Crippen LogP contribution is -2.41. The molecule has 1 saturated heterocycles. The standard InChI is InChI=1S/C22H22N4O2/c1-16-2-4-19(5-3-16)28-20-8-12-26(13-9-20)22(27)18-14-24-21(25-15-18)17-6-10-23-11-7-17/h2-7,10-11,14-15,20H,8-9,12-13H2,1H3. The average molecular weight is 374 g/mol. The molecule has 2 aromatic heterocycles. The zero-order valence-electron chi connectivity index (χ0n) is 15.8. The Morgan fingerprint density at radius 2 is 1.64 bits per heavy atom. The van der Waals surface area contributed by atoms with E-state index in [9.17, 15) is 4.79 Å². The van der Waals surface area contributed by atoms with E-state index in [0.717, 1.165) is 24.2 Å². The van der Waals surface area contributed by atoms with Crippen molar-refractivity contribution in [3.8, 4) is 17.1 Å². The third-order valence-electron chi connectivity index (χ3n) is 4.89. The summed E-state index contributed by atoms with van der Waals surface area (Å²) in [7, 11) is 0. The van der Waals surface area contributed by atoms with Gasteiger partial charge in [0.25, 0.3) is 5.91 Å². The molecule has 1 aromatic carbocycles. The van der Waals surface area contributed by atoms with Crippen LogP contribution in [0.15, 0.2) is 61.2 Å². The molecule has 1 amide bonds. The molecule has 3 heterocycles. The lowest BCUT2D eigenvalue weighted by atomic mass is 10.1. The first-order valence-electron chi connectivity index (χ1n) is 9.44. The van der Waals surface area contributed by atoms with Crippen LogP contribution in [0.1, 0.15) is 28.8 Å². The van der Waals surface area contributed by atoms with Gasteiger partial charge in [-0.2, -0.15) is 0 Å². The first-order valence-corrected chi connectivity index (χ1v) is 9.44. The van der Waals surface area contributed by atoms with Gasteiger partial charge in [-0.15, -0.1) is 0 Å². The molecule has 6 heteroatoms. The second-order valence-electron chi connectivity index (χ2n) is 6.95. The smallest absolute Gasteiger partial charge is 0.256 e. The van der Waals surface area contributed by atoms with Crippen LogP contribution in [-0.2, 0) is 0 Å². The molecule has 4 rings (SSSR count). The third kappa shape index (κ3) is 4.17. The molecule has 0 saturated carbocycles. The third-order valence-corrected chi connectivity index (χ3v) is 4.89. The second-order valence-corrected chi connectivity index (χ2v) is 6.95. The van der Waals surface area contributed by atoms with Crippen molar-refractivity contribution < 1.29 is 9.53 Å². The molecule has 1 fully saturated rings. The summed E-state index contributed by atoms with van der Waals surface area (Å²) in [5, 5.41) is 0. The summed E-state index contributed by atoms with van der Waals surface area (Å²) in [6, 6.07) is 11.8. The predicted molar refractivity (Wildman–Crippen MR) is 106 cm³/mol. The minimum absolute atomic E-state index is 0.0323. The summed E-state index contributed by atoms with van der Waals surface area (Å²) in [6.45, 7) is 3.39. The molecule has 142 valence electrons. The van der Waals surface area contributed by atoms with Crippen LogP contribution >= 0.6 is 0 Å². The highest BCUT2D eigenvalue weighted by Crippen LogP contribution is 2.21. The van der Waals surface area contributed by atoms with E-state index in [4.69, 9.17) is 4.74 Å².